The molecular formula is C14H14N2O3S. The second-order valence-corrected chi connectivity index (χ2v) is 5.28. The molecule has 3 heterocycles. The van der Waals surface area contributed by atoms with Gasteiger partial charge in [0.1, 0.15) is 5.69 Å². The van der Waals surface area contributed by atoms with Gasteiger partial charge in [-0.2, -0.15) is 0 Å². The number of furan rings is 1. The number of carbonyl (C=O) groups excluding carboxylic acids is 1. The van der Waals surface area contributed by atoms with Gasteiger partial charge in [-0.25, -0.2) is 4.98 Å². The Labute approximate surface area is 119 Å². The van der Waals surface area contributed by atoms with Crippen LogP contribution in [-0.4, -0.2) is 22.5 Å². The molecule has 0 aliphatic rings. The number of imidazole rings is 1. The molecule has 0 saturated carbocycles. The molecule has 0 amide bonds. The van der Waals surface area contributed by atoms with E-state index in [1.165, 1.54) is 7.11 Å². The lowest BCUT2D eigenvalue weighted by Crippen LogP contribution is -2.03. The van der Waals surface area contributed by atoms with Crippen molar-refractivity contribution in [2.24, 2.45) is 0 Å². The van der Waals surface area contributed by atoms with E-state index in [0.29, 0.717) is 12.8 Å². The highest BCUT2D eigenvalue weighted by molar-refractivity contribution is 7.15. The summed E-state index contributed by atoms with van der Waals surface area (Å²) in [5.41, 5.74) is 2.94. The molecular weight excluding hydrogens is 276 g/mol. The maximum atomic E-state index is 11.3. The van der Waals surface area contributed by atoms with E-state index >= 15 is 0 Å². The minimum absolute atomic E-state index is 0.201. The highest BCUT2D eigenvalue weighted by Gasteiger charge is 2.16. The topological polar surface area (TPSA) is 56.7 Å². The van der Waals surface area contributed by atoms with Crippen molar-refractivity contribution < 1.29 is 13.9 Å². The van der Waals surface area contributed by atoms with Crippen LogP contribution in [-0.2, 0) is 16.0 Å². The molecule has 0 atom stereocenters. The SMILES string of the molecule is COC(=O)CCc1csc2nc(-c3ccco3)c(C)n12. The average Bonchev–Trinajstić information content (AvgIpc) is 3.14. The molecule has 0 radical (unpaired) electrons. The Balaban J connectivity index is 1.97. The summed E-state index contributed by atoms with van der Waals surface area (Å²) in [7, 11) is 1.41. The third-order valence-corrected chi connectivity index (χ3v) is 4.11. The fraction of sp³-hybridized carbons (Fsp3) is 0.286. The van der Waals surface area contributed by atoms with Crippen molar-refractivity contribution in [1.82, 2.24) is 9.38 Å². The molecule has 0 fully saturated rings. The Morgan fingerprint density at radius 3 is 3.10 bits per heavy atom. The summed E-state index contributed by atoms with van der Waals surface area (Å²) >= 11 is 1.56. The minimum Gasteiger partial charge on any atom is -0.469 e. The lowest BCUT2D eigenvalue weighted by molar-refractivity contribution is -0.140. The van der Waals surface area contributed by atoms with E-state index in [4.69, 9.17) is 4.42 Å². The lowest BCUT2D eigenvalue weighted by atomic mass is 10.2. The number of esters is 1. The quantitative estimate of drug-likeness (QED) is 0.693. The Hall–Kier alpha value is -2.08. The maximum absolute atomic E-state index is 11.3. The number of carbonyl (C=O) groups is 1. The summed E-state index contributed by atoms with van der Waals surface area (Å²) in [6.07, 6.45) is 2.65. The first-order valence-corrected chi connectivity index (χ1v) is 7.14. The summed E-state index contributed by atoms with van der Waals surface area (Å²) in [6, 6.07) is 3.74. The van der Waals surface area contributed by atoms with Gasteiger partial charge in [-0.15, -0.1) is 11.3 Å². The number of ether oxygens (including phenoxy) is 1. The third-order valence-electron chi connectivity index (χ3n) is 3.23. The highest BCUT2D eigenvalue weighted by Crippen LogP contribution is 2.28. The Morgan fingerprint density at radius 1 is 1.55 bits per heavy atom. The van der Waals surface area contributed by atoms with Crippen LogP contribution in [0.15, 0.2) is 28.2 Å². The van der Waals surface area contributed by atoms with Crippen molar-refractivity contribution in [3.05, 3.63) is 35.2 Å². The van der Waals surface area contributed by atoms with Gasteiger partial charge in [0.2, 0.25) is 0 Å². The Morgan fingerprint density at radius 2 is 2.40 bits per heavy atom. The standard InChI is InChI=1S/C14H14N2O3S/c1-9-13(11-4-3-7-19-11)15-14-16(9)10(8-20-14)5-6-12(17)18-2/h3-4,7-8H,5-6H2,1-2H3. The number of thiazole rings is 1. The van der Waals surface area contributed by atoms with Crippen LogP contribution < -0.4 is 0 Å². The van der Waals surface area contributed by atoms with Crippen LogP contribution in [0.25, 0.3) is 16.4 Å². The van der Waals surface area contributed by atoms with Crippen LogP contribution in [0.5, 0.6) is 0 Å². The van der Waals surface area contributed by atoms with Gasteiger partial charge >= 0.3 is 5.97 Å². The molecule has 0 aliphatic carbocycles. The zero-order chi connectivity index (χ0) is 14.1. The molecule has 0 aliphatic heterocycles. The van der Waals surface area contributed by atoms with Gasteiger partial charge in [0.25, 0.3) is 0 Å². The number of nitrogens with zero attached hydrogens (tertiary/aromatic N) is 2. The Kier molecular flexibility index (Phi) is 3.31. The molecule has 20 heavy (non-hydrogen) atoms. The predicted octanol–water partition coefficient (Wildman–Crippen LogP) is 3.07. The molecule has 0 spiro atoms. The summed E-state index contributed by atoms with van der Waals surface area (Å²) in [6.45, 7) is 2.01. The summed E-state index contributed by atoms with van der Waals surface area (Å²) in [4.78, 5) is 16.8. The summed E-state index contributed by atoms with van der Waals surface area (Å²) in [5.74, 6) is 0.561. The number of methoxy groups -OCH3 is 1. The van der Waals surface area contributed by atoms with Gasteiger partial charge in [-0.1, -0.05) is 0 Å². The number of rotatable bonds is 4. The largest absolute Gasteiger partial charge is 0.469 e. The fourth-order valence-corrected chi connectivity index (χ4v) is 3.18. The normalized spacial score (nSPS) is 11.1. The number of hydrogen-bond acceptors (Lipinski definition) is 5. The van der Waals surface area contributed by atoms with Gasteiger partial charge < -0.3 is 9.15 Å². The van der Waals surface area contributed by atoms with Gasteiger partial charge in [0.15, 0.2) is 10.7 Å². The molecule has 6 heteroatoms. The average molecular weight is 290 g/mol. The molecule has 3 aromatic heterocycles. The van der Waals surface area contributed by atoms with Crippen LogP contribution >= 0.6 is 11.3 Å². The molecule has 0 N–H and O–H groups in total. The van der Waals surface area contributed by atoms with E-state index in [-0.39, 0.29) is 5.97 Å². The first kappa shape index (κ1) is 12.9. The maximum Gasteiger partial charge on any atom is 0.305 e. The molecule has 104 valence electrons. The van der Waals surface area contributed by atoms with Crippen LogP contribution in [0.2, 0.25) is 0 Å². The van der Waals surface area contributed by atoms with E-state index in [1.807, 2.05) is 24.4 Å². The second-order valence-electron chi connectivity index (χ2n) is 4.44. The van der Waals surface area contributed by atoms with E-state index in [0.717, 1.165) is 27.8 Å². The predicted molar refractivity (Wildman–Crippen MR) is 75.8 cm³/mol. The monoisotopic (exact) mass is 290 g/mol. The number of fused-ring (bicyclic) bond motifs is 1. The molecule has 3 rings (SSSR count). The second kappa shape index (κ2) is 5.13. The number of aromatic nitrogens is 2. The molecule has 0 unspecified atom stereocenters. The zero-order valence-corrected chi connectivity index (χ0v) is 12.1. The van der Waals surface area contributed by atoms with E-state index in [9.17, 15) is 4.79 Å². The first-order valence-electron chi connectivity index (χ1n) is 6.27. The van der Waals surface area contributed by atoms with E-state index in [1.54, 1.807) is 17.6 Å². The Bertz CT molecular complexity index is 740. The molecule has 0 aromatic carbocycles. The van der Waals surface area contributed by atoms with Crippen molar-refractivity contribution in [2.75, 3.05) is 7.11 Å². The van der Waals surface area contributed by atoms with Crippen molar-refractivity contribution in [2.45, 2.75) is 19.8 Å². The van der Waals surface area contributed by atoms with Crippen molar-refractivity contribution in [3.63, 3.8) is 0 Å². The van der Waals surface area contributed by atoms with Crippen molar-refractivity contribution >= 4 is 22.3 Å². The first-order chi connectivity index (χ1) is 9.70. The van der Waals surface area contributed by atoms with E-state index < -0.39 is 0 Å². The van der Waals surface area contributed by atoms with Gasteiger partial charge in [0.05, 0.1) is 25.5 Å². The third kappa shape index (κ3) is 2.12. The smallest absolute Gasteiger partial charge is 0.305 e. The fourth-order valence-electron chi connectivity index (χ4n) is 2.22. The van der Waals surface area contributed by atoms with Crippen LogP contribution in [0.3, 0.4) is 0 Å². The number of aryl methyl sites for hydroxylation is 2. The summed E-state index contributed by atoms with van der Waals surface area (Å²) < 4.78 is 12.2. The van der Waals surface area contributed by atoms with Crippen LogP contribution in [0, 0.1) is 6.92 Å². The summed E-state index contributed by atoms with van der Waals surface area (Å²) in [5, 5.41) is 2.03. The van der Waals surface area contributed by atoms with Crippen molar-refractivity contribution in [1.29, 1.82) is 0 Å². The molecule has 3 aromatic rings. The zero-order valence-electron chi connectivity index (χ0n) is 11.3. The molecule has 5 nitrogen and oxygen atoms in total. The van der Waals surface area contributed by atoms with Gasteiger partial charge in [-0.3, -0.25) is 9.20 Å². The highest BCUT2D eigenvalue weighted by atomic mass is 32.1. The van der Waals surface area contributed by atoms with Crippen LogP contribution in [0.4, 0.5) is 0 Å². The van der Waals surface area contributed by atoms with Crippen LogP contribution in [0.1, 0.15) is 17.8 Å². The lowest BCUT2D eigenvalue weighted by Gasteiger charge is -2.01. The molecule has 0 bridgehead atoms. The number of hydrogen-bond donors (Lipinski definition) is 0. The van der Waals surface area contributed by atoms with Gasteiger partial charge in [0, 0.05) is 11.1 Å². The van der Waals surface area contributed by atoms with Gasteiger partial charge in [-0.05, 0) is 25.5 Å². The minimum atomic E-state index is -0.201. The van der Waals surface area contributed by atoms with Crippen molar-refractivity contribution in [3.8, 4) is 11.5 Å². The van der Waals surface area contributed by atoms with E-state index in [2.05, 4.69) is 14.1 Å². The molecule has 0 saturated heterocycles.